The number of hydrogen-bond donors (Lipinski definition) is 1. The van der Waals surface area contributed by atoms with Crippen LogP contribution in [0.15, 0.2) is 30.3 Å². The van der Waals surface area contributed by atoms with Crippen LogP contribution in [-0.2, 0) is 20.9 Å². The summed E-state index contributed by atoms with van der Waals surface area (Å²) < 4.78 is 20.9. The van der Waals surface area contributed by atoms with Gasteiger partial charge in [-0.2, -0.15) is 0 Å². The molecule has 1 rings (SSSR count). The molecule has 0 heterocycles. The molecule has 0 atom stereocenters. The molecule has 0 aliphatic heterocycles. The van der Waals surface area contributed by atoms with Crippen molar-refractivity contribution in [3.05, 3.63) is 35.9 Å². The number of alkyl halides is 1. The van der Waals surface area contributed by atoms with Crippen LogP contribution in [0, 0.1) is 0 Å². The third kappa shape index (κ3) is 12.7. The number of esters is 1. The SMILES string of the molecule is CC(C)(C)OC(=O)CCF.NC(=O)OCc1ccccc1. The molecule has 0 aromatic heterocycles. The molecule has 0 spiro atoms. The van der Waals surface area contributed by atoms with Crippen LogP contribution in [-0.4, -0.2) is 24.3 Å². The Hall–Kier alpha value is -2.11. The molecular formula is C15H22FNO4. The van der Waals surface area contributed by atoms with Gasteiger partial charge in [0.1, 0.15) is 12.2 Å². The van der Waals surface area contributed by atoms with Crippen LogP contribution in [0.25, 0.3) is 0 Å². The Morgan fingerprint density at radius 1 is 1.19 bits per heavy atom. The second-order valence-electron chi connectivity index (χ2n) is 5.12. The summed E-state index contributed by atoms with van der Waals surface area (Å²) in [6, 6.07) is 9.37. The Kier molecular flexibility index (Phi) is 8.76. The first-order valence-electron chi connectivity index (χ1n) is 6.48. The van der Waals surface area contributed by atoms with Crippen molar-refractivity contribution in [3.63, 3.8) is 0 Å². The van der Waals surface area contributed by atoms with Gasteiger partial charge in [0.2, 0.25) is 0 Å². The Labute approximate surface area is 124 Å². The summed E-state index contributed by atoms with van der Waals surface area (Å²) in [5.41, 5.74) is 5.22. The molecule has 21 heavy (non-hydrogen) atoms. The fraction of sp³-hybridized carbons (Fsp3) is 0.467. The molecule has 0 aliphatic rings. The highest BCUT2D eigenvalue weighted by Crippen LogP contribution is 2.07. The normalized spacial score (nSPS) is 10.1. The van der Waals surface area contributed by atoms with E-state index in [2.05, 4.69) is 4.74 Å². The van der Waals surface area contributed by atoms with Gasteiger partial charge in [0.05, 0.1) is 13.1 Å². The van der Waals surface area contributed by atoms with Crippen LogP contribution in [0.3, 0.4) is 0 Å². The average Bonchev–Trinajstić information content (AvgIpc) is 2.36. The molecule has 118 valence electrons. The minimum Gasteiger partial charge on any atom is -0.460 e. The van der Waals surface area contributed by atoms with E-state index in [9.17, 15) is 14.0 Å². The lowest BCUT2D eigenvalue weighted by atomic mass is 10.2. The van der Waals surface area contributed by atoms with E-state index in [4.69, 9.17) is 10.5 Å². The highest BCUT2D eigenvalue weighted by atomic mass is 19.1. The largest absolute Gasteiger partial charge is 0.460 e. The Balaban J connectivity index is 0.000000384. The van der Waals surface area contributed by atoms with Gasteiger partial charge in [-0.15, -0.1) is 0 Å². The van der Waals surface area contributed by atoms with Crippen LogP contribution in [0.5, 0.6) is 0 Å². The second kappa shape index (κ2) is 9.74. The molecule has 2 N–H and O–H groups in total. The molecule has 0 saturated carbocycles. The van der Waals surface area contributed by atoms with Gasteiger partial charge in [0.25, 0.3) is 0 Å². The molecular weight excluding hydrogens is 277 g/mol. The Morgan fingerprint density at radius 2 is 1.76 bits per heavy atom. The molecule has 0 bridgehead atoms. The fourth-order valence-corrected chi connectivity index (χ4v) is 1.20. The van der Waals surface area contributed by atoms with Crippen molar-refractivity contribution in [2.45, 2.75) is 39.4 Å². The number of nitrogens with two attached hydrogens (primary N) is 1. The van der Waals surface area contributed by atoms with Gasteiger partial charge in [0, 0.05) is 0 Å². The van der Waals surface area contributed by atoms with Crippen molar-refractivity contribution in [1.82, 2.24) is 0 Å². The first-order valence-corrected chi connectivity index (χ1v) is 6.48. The third-order valence-electron chi connectivity index (χ3n) is 1.94. The van der Waals surface area contributed by atoms with Crippen molar-refractivity contribution < 1.29 is 23.5 Å². The van der Waals surface area contributed by atoms with E-state index >= 15 is 0 Å². The zero-order chi connectivity index (χ0) is 16.3. The molecule has 1 aromatic carbocycles. The Morgan fingerprint density at radius 3 is 2.19 bits per heavy atom. The van der Waals surface area contributed by atoms with Crippen molar-refractivity contribution in [2.75, 3.05) is 6.67 Å². The van der Waals surface area contributed by atoms with E-state index in [1.165, 1.54) is 0 Å². The summed E-state index contributed by atoms with van der Waals surface area (Å²) >= 11 is 0. The summed E-state index contributed by atoms with van der Waals surface area (Å²) in [6.07, 6.45) is -0.883. The maximum atomic E-state index is 11.5. The van der Waals surface area contributed by atoms with Crippen LogP contribution in [0.1, 0.15) is 32.8 Å². The molecule has 6 heteroatoms. The average molecular weight is 299 g/mol. The van der Waals surface area contributed by atoms with E-state index < -0.39 is 24.3 Å². The zero-order valence-electron chi connectivity index (χ0n) is 12.6. The van der Waals surface area contributed by atoms with Crippen molar-refractivity contribution in [2.24, 2.45) is 5.73 Å². The number of amides is 1. The van der Waals surface area contributed by atoms with Crippen LogP contribution in [0.4, 0.5) is 9.18 Å². The first kappa shape index (κ1) is 18.9. The predicted octanol–water partition coefficient (Wildman–Crippen LogP) is 2.97. The summed E-state index contributed by atoms with van der Waals surface area (Å²) in [5, 5.41) is 0. The summed E-state index contributed by atoms with van der Waals surface area (Å²) in [4.78, 5) is 20.8. The summed E-state index contributed by atoms with van der Waals surface area (Å²) in [7, 11) is 0. The second-order valence-corrected chi connectivity index (χ2v) is 5.12. The smallest absolute Gasteiger partial charge is 0.404 e. The summed E-state index contributed by atoms with van der Waals surface area (Å²) in [5.74, 6) is -0.477. The standard InChI is InChI=1S/C8H9NO2.C7H13FO2/c9-8(10)11-6-7-4-2-1-3-5-7;1-7(2,3)10-6(9)4-5-8/h1-5H,6H2,(H2,9,10);4-5H2,1-3H3. The number of primary amides is 1. The van der Waals surface area contributed by atoms with Crippen molar-refractivity contribution >= 4 is 12.1 Å². The van der Waals surface area contributed by atoms with Gasteiger partial charge in [-0.3, -0.25) is 9.18 Å². The van der Waals surface area contributed by atoms with Crippen LogP contribution < -0.4 is 5.73 Å². The number of benzene rings is 1. The summed E-state index contributed by atoms with van der Waals surface area (Å²) in [6.45, 7) is 4.86. The molecule has 1 amide bonds. The molecule has 0 aliphatic carbocycles. The van der Waals surface area contributed by atoms with Gasteiger partial charge < -0.3 is 15.2 Å². The molecule has 0 radical (unpaired) electrons. The lowest BCUT2D eigenvalue weighted by Crippen LogP contribution is -2.23. The fourth-order valence-electron chi connectivity index (χ4n) is 1.20. The minimum absolute atomic E-state index is 0.142. The quantitative estimate of drug-likeness (QED) is 0.867. The maximum absolute atomic E-state index is 11.5. The van der Waals surface area contributed by atoms with Gasteiger partial charge >= 0.3 is 12.1 Å². The number of carbonyl (C=O) groups is 2. The van der Waals surface area contributed by atoms with E-state index in [1.54, 1.807) is 20.8 Å². The molecule has 5 nitrogen and oxygen atoms in total. The van der Waals surface area contributed by atoms with Crippen molar-refractivity contribution in [3.8, 4) is 0 Å². The molecule has 0 saturated heterocycles. The molecule has 1 aromatic rings. The highest BCUT2D eigenvalue weighted by Gasteiger charge is 2.15. The molecule has 0 fully saturated rings. The predicted molar refractivity (Wildman–Crippen MR) is 77.3 cm³/mol. The monoisotopic (exact) mass is 299 g/mol. The first-order chi connectivity index (χ1) is 9.74. The maximum Gasteiger partial charge on any atom is 0.404 e. The van der Waals surface area contributed by atoms with Gasteiger partial charge in [-0.1, -0.05) is 30.3 Å². The molecule has 0 unspecified atom stereocenters. The van der Waals surface area contributed by atoms with E-state index in [0.29, 0.717) is 0 Å². The number of carbonyl (C=O) groups excluding carboxylic acids is 2. The van der Waals surface area contributed by atoms with Gasteiger partial charge in [-0.05, 0) is 26.3 Å². The third-order valence-corrected chi connectivity index (χ3v) is 1.94. The van der Waals surface area contributed by atoms with E-state index in [-0.39, 0.29) is 13.0 Å². The van der Waals surface area contributed by atoms with Gasteiger partial charge in [0.15, 0.2) is 0 Å². The van der Waals surface area contributed by atoms with E-state index in [1.807, 2.05) is 30.3 Å². The highest BCUT2D eigenvalue weighted by molar-refractivity contribution is 5.69. The number of halogens is 1. The minimum atomic E-state index is -0.742. The van der Waals surface area contributed by atoms with Gasteiger partial charge in [-0.25, -0.2) is 4.79 Å². The number of ether oxygens (including phenoxy) is 2. The number of hydrogen-bond acceptors (Lipinski definition) is 4. The lowest BCUT2D eigenvalue weighted by Gasteiger charge is -2.18. The topological polar surface area (TPSA) is 78.6 Å². The van der Waals surface area contributed by atoms with Crippen LogP contribution in [0.2, 0.25) is 0 Å². The number of rotatable bonds is 4. The van der Waals surface area contributed by atoms with E-state index in [0.717, 1.165) is 5.56 Å². The lowest BCUT2D eigenvalue weighted by molar-refractivity contribution is -0.155. The Bertz CT molecular complexity index is 429. The zero-order valence-corrected chi connectivity index (χ0v) is 12.6. The van der Waals surface area contributed by atoms with Crippen molar-refractivity contribution in [1.29, 1.82) is 0 Å². The van der Waals surface area contributed by atoms with Crippen LogP contribution >= 0.6 is 0 Å².